The summed E-state index contributed by atoms with van der Waals surface area (Å²) in [4.78, 5) is 11.8. The van der Waals surface area contributed by atoms with E-state index in [1.807, 2.05) is 12.1 Å². The van der Waals surface area contributed by atoms with Gasteiger partial charge in [-0.05, 0) is 46.9 Å². The second-order valence-electron chi connectivity index (χ2n) is 4.22. The highest BCUT2D eigenvalue weighted by molar-refractivity contribution is 14.1. The van der Waals surface area contributed by atoms with E-state index in [0.717, 1.165) is 3.57 Å². The van der Waals surface area contributed by atoms with Crippen LogP contribution in [-0.4, -0.2) is 36.4 Å². The minimum absolute atomic E-state index is 0.165. The highest BCUT2D eigenvalue weighted by Crippen LogP contribution is 2.17. The minimum atomic E-state index is -0.904. The van der Waals surface area contributed by atoms with E-state index < -0.39 is 5.60 Å². The molecule has 2 N–H and O–H groups in total. The van der Waals surface area contributed by atoms with E-state index in [9.17, 15) is 9.90 Å². The zero-order valence-electron chi connectivity index (χ0n) is 9.28. The summed E-state index contributed by atoms with van der Waals surface area (Å²) in [5.41, 5.74) is -0.299. The molecule has 0 aliphatic carbocycles. The zero-order chi connectivity index (χ0) is 12.3. The lowest BCUT2D eigenvalue weighted by molar-refractivity contribution is 0.0264. The average Bonchev–Trinajstić information content (AvgIpc) is 2.75. The average molecular weight is 347 g/mol. The van der Waals surface area contributed by atoms with Gasteiger partial charge >= 0.3 is 0 Å². The van der Waals surface area contributed by atoms with Crippen LogP contribution in [0.15, 0.2) is 24.3 Å². The molecule has 1 unspecified atom stereocenters. The van der Waals surface area contributed by atoms with Gasteiger partial charge < -0.3 is 15.2 Å². The molecule has 0 aromatic heterocycles. The van der Waals surface area contributed by atoms with E-state index in [0.29, 0.717) is 25.2 Å². The Kier molecular flexibility index (Phi) is 4.01. The molecule has 17 heavy (non-hydrogen) atoms. The Labute approximate surface area is 113 Å². The minimum Gasteiger partial charge on any atom is -0.386 e. The van der Waals surface area contributed by atoms with E-state index in [4.69, 9.17) is 4.74 Å². The van der Waals surface area contributed by atoms with Crippen molar-refractivity contribution in [2.24, 2.45) is 0 Å². The monoisotopic (exact) mass is 347 g/mol. The Bertz CT molecular complexity index is 399. The van der Waals surface area contributed by atoms with Crippen LogP contribution in [0, 0.1) is 3.57 Å². The van der Waals surface area contributed by atoms with Crippen LogP contribution in [0.1, 0.15) is 16.8 Å². The molecule has 1 aromatic carbocycles. The van der Waals surface area contributed by atoms with Crippen LogP contribution in [0.4, 0.5) is 0 Å². The molecule has 1 atom stereocenters. The largest absolute Gasteiger partial charge is 0.386 e. The normalized spacial score (nSPS) is 23.6. The van der Waals surface area contributed by atoms with Gasteiger partial charge in [-0.25, -0.2) is 0 Å². The Morgan fingerprint density at radius 1 is 1.47 bits per heavy atom. The maximum absolute atomic E-state index is 11.8. The highest BCUT2D eigenvalue weighted by atomic mass is 127. The third-order valence-corrected chi connectivity index (χ3v) is 3.49. The topological polar surface area (TPSA) is 58.6 Å². The van der Waals surface area contributed by atoms with E-state index in [1.165, 1.54) is 0 Å². The van der Waals surface area contributed by atoms with Crippen LogP contribution < -0.4 is 5.32 Å². The van der Waals surface area contributed by atoms with Gasteiger partial charge in [0.2, 0.25) is 0 Å². The summed E-state index contributed by atoms with van der Waals surface area (Å²) < 4.78 is 6.20. The van der Waals surface area contributed by atoms with Crippen LogP contribution in [0.25, 0.3) is 0 Å². The van der Waals surface area contributed by atoms with Gasteiger partial charge in [-0.2, -0.15) is 0 Å². The molecule has 5 heteroatoms. The van der Waals surface area contributed by atoms with Crippen molar-refractivity contribution in [3.63, 3.8) is 0 Å². The van der Waals surface area contributed by atoms with Crippen LogP contribution in [0.2, 0.25) is 0 Å². The van der Waals surface area contributed by atoms with Crippen molar-refractivity contribution in [3.05, 3.63) is 33.4 Å². The van der Waals surface area contributed by atoms with E-state index >= 15 is 0 Å². The molecule has 1 aromatic rings. The lowest BCUT2D eigenvalue weighted by Gasteiger charge is -2.20. The highest BCUT2D eigenvalue weighted by Gasteiger charge is 2.32. The van der Waals surface area contributed by atoms with Gasteiger partial charge in [-0.3, -0.25) is 4.79 Å². The van der Waals surface area contributed by atoms with Crippen molar-refractivity contribution in [2.45, 2.75) is 12.0 Å². The Morgan fingerprint density at radius 3 is 2.76 bits per heavy atom. The molecule has 0 bridgehead atoms. The van der Waals surface area contributed by atoms with Crippen LogP contribution >= 0.6 is 22.6 Å². The third-order valence-electron chi connectivity index (χ3n) is 2.77. The molecule has 92 valence electrons. The van der Waals surface area contributed by atoms with Gasteiger partial charge in [0.25, 0.3) is 5.91 Å². The summed E-state index contributed by atoms with van der Waals surface area (Å²) in [5.74, 6) is -0.165. The molecular weight excluding hydrogens is 333 g/mol. The summed E-state index contributed by atoms with van der Waals surface area (Å²) >= 11 is 2.19. The van der Waals surface area contributed by atoms with E-state index in [-0.39, 0.29) is 12.5 Å². The van der Waals surface area contributed by atoms with Gasteiger partial charge in [0.05, 0.1) is 6.61 Å². The molecule has 1 amide bonds. The zero-order valence-corrected chi connectivity index (χ0v) is 11.4. The second-order valence-corrected chi connectivity index (χ2v) is 5.46. The number of nitrogens with one attached hydrogen (secondary N) is 1. The first-order valence-corrected chi connectivity index (χ1v) is 6.51. The van der Waals surface area contributed by atoms with E-state index in [1.54, 1.807) is 12.1 Å². The number of benzene rings is 1. The second kappa shape index (κ2) is 5.32. The third kappa shape index (κ3) is 3.40. The lowest BCUT2D eigenvalue weighted by atomic mass is 10.0. The first-order chi connectivity index (χ1) is 8.09. The van der Waals surface area contributed by atoms with Crippen molar-refractivity contribution in [3.8, 4) is 0 Å². The molecule has 0 spiro atoms. The summed E-state index contributed by atoms with van der Waals surface area (Å²) in [6, 6.07) is 7.30. The van der Waals surface area contributed by atoms with Crippen LogP contribution in [0.3, 0.4) is 0 Å². The number of hydrogen-bond acceptors (Lipinski definition) is 3. The van der Waals surface area contributed by atoms with Crippen molar-refractivity contribution >= 4 is 28.5 Å². The maximum Gasteiger partial charge on any atom is 0.251 e. The predicted molar refractivity (Wildman–Crippen MR) is 71.9 cm³/mol. The molecular formula is C12H14INO3. The number of hydrogen-bond donors (Lipinski definition) is 2. The number of carbonyl (C=O) groups is 1. The number of carbonyl (C=O) groups excluding carboxylic acids is 1. The SMILES string of the molecule is O=C(NCC1(O)CCOC1)c1ccc(I)cc1. The van der Waals surface area contributed by atoms with Crippen molar-refractivity contribution < 1.29 is 14.6 Å². The van der Waals surface area contributed by atoms with Gasteiger partial charge in [0, 0.05) is 28.7 Å². The van der Waals surface area contributed by atoms with Gasteiger partial charge in [0.15, 0.2) is 0 Å². The molecule has 2 rings (SSSR count). The summed E-state index contributed by atoms with van der Waals surface area (Å²) in [5, 5.41) is 12.7. The number of aliphatic hydroxyl groups is 1. The Balaban J connectivity index is 1.91. The summed E-state index contributed by atoms with van der Waals surface area (Å²) in [7, 11) is 0. The summed E-state index contributed by atoms with van der Waals surface area (Å²) in [6.07, 6.45) is 0.569. The fourth-order valence-electron chi connectivity index (χ4n) is 1.68. The number of rotatable bonds is 3. The van der Waals surface area contributed by atoms with Crippen LogP contribution in [-0.2, 0) is 4.74 Å². The van der Waals surface area contributed by atoms with Crippen LogP contribution in [0.5, 0.6) is 0 Å². The Hall–Kier alpha value is -0.660. The standard InChI is InChI=1S/C12H14INO3/c13-10-3-1-9(2-4-10)11(15)14-7-12(16)5-6-17-8-12/h1-4,16H,5-8H2,(H,14,15). The number of ether oxygens (including phenoxy) is 1. The molecule has 1 heterocycles. The smallest absolute Gasteiger partial charge is 0.251 e. The molecule has 1 fully saturated rings. The fraction of sp³-hybridized carbons (Fsp3) is 0.417. The quantitative estimate of drug-likeness (QED) is 0.808. The first kappa shape index (κ1) is 12.8. The van der Waals surface area contributed by atoms with Gasteiger partial charge in [-0.1, -0.05) is 0 Å². The molecule has 1 aliphatic heterocycles. The van der Waals surface area contributed by atoms with Gasteiger partial charge in [-0.15, -0.1) is 0 Å². The number of amides is 1. The molecule has 1 saturated heterocycles. The predicted octanol–water partition coefficient (Wildman–Crippen LogP) is 1.17. The first-order valence-electron chi connectivity index (χ1n) is 5.43. The van der Waals surface area contributed by atoms with Crippen molar-refractivity contribution in [1.29, 1.82) is 0 Å². The van der Waals surface area contributed by atoms with E-state index in [2.05, 4.69) is 27.9 Å². The lowest BCUT2D eigenvalue weighted by Crippen LogP contribution is -2.43. The molecule has 0 radical (unpaired) electrons. The van der Waals surface area contributed by atoms with Crippen molar-refractivity contribution in [2.75, 3.05) is 19.8 Å². The van der Waals surface area contributed by atoms with Crippen molar-refractivity contribution in [1.82, 2.24) is 5.32 Å². The fourth-order valence-corrected chi connectivity index (χ4v) is 2.04. The molecule has 4 nitrogen and oxygen atoms in total. The number of halogens is 1. The molecule has 0 saturated carbocycles. The van der Waals surface area contributed by atoms with Gasteiger partial charge in [0.1, 0.15) is 5.60 Å². The molecule has 1 aliphatic rings. The maximum atomic E-state index is 11.8. The summed E-state index contributed by atoms with van der Waals surface area (Å²) in [6.45, 7) is 1.08. The Morgan fingerprint density at radius 2 is 2.18 bits per heavy atom.